The molecule has 0 bridgehead atoms. The Morgan fingerprint density at radius 1 is 1.10 bits per heavy atom. The van der Waals surface area contributed by atoms with Crippen LogP contribution in [0, 0.1) is 0 Å². The fourth-order valence-corrected chi connectivity index (χ4v) is 3.73. The number of aromatic nitrogens is 1. The van der Waals surface area contributed by atoms with Gasteiger partial charge in [0, 0.05) is 22.4 Å². The quantitative estimate of drug-likeness (QED) is 0.649. The first-order chi connectivity index (χ1) is 9.83. The summed E-state index contributed by atoms with van der Waals surface area (Å²) in [7, 11) is 0. The van der Waals surface area contributed by atoms with E-state index >= 15 is 0 Å². The Kier molecular flexibility index (Phi) is 4.35. The highest BCUT2D eigenvalue weighted by atomic mass is 35.5. The van der Waals surface area contributed by atoms with Crippen molar-refractivity contribution < 1.29 is 0 Å². The molecule has 0 spiro atoms. The predicted octanol–water partition coefficient (Wildman–Crippen LogP) is 5.25. The van der Waals surface area contributed by atoms with Crippen molar-refractivity contribution in [3.63, 3.8) is 0 Å². The highest BCUT2D eigenvalue weighted by molar-refractivity contribution is 7.10. The number of anilines is 1. The number of pyridine rings is 1. The van der Waals surface area contributed by atoms with Crippen LogP contribution in [0.25, 0.3) is 0 Å². The fourth-order valence-electron chi connectivity index (χ4n) is 2.02. The highest BCUT2D eigenvalue weighted by Gasteiger charge is 2.15. The molecule has 0 saturated carbocycles. The number of thiophene rings is 2. The summed E-state index contributed by atoms with van der Waals surface area (Å²) >= 11 is 9.68. The second-order valence-corrected chi connectivity index (χ2v) is 6.71. The van der Waals surface area contributed by atoms with E-state index in [-0.39, 0.29) is 6.04 Å². The fraction of sp³-hybridized carbons (Fsp3) is 0.133. The van der Waals surface area contributed by atoms with Crippen LogP contribution >= 0.6 is 34.3 Å². The molecule has 20 heavy (non-hydrogen) atoms. The van der Waals surface area contributed by atoms with Crippen molar-refractivity contribution in [2.45, 2.75) is 12.5 Å². The predicted molar refractivity (Wildman–Crippen MR) is 88.0 cm³/mol. The lowest BCUT2D eigenvalue weighted by molar-refractivity contribution is 0.801. The topological polar surface area (TPSA) is 24.9 Å². The van der Waals surface area contributed by atoms with Crippen LogP contribution in [0.5, 0.6) is 0 Å². The van der Waals surface area contributed by atoms with Gasteiger partial charge in [-0.1, -0.05) is 23.7 Å². The Balaban J connectivity index is 1.84. The molecule has 3 rings (SSSR count). The molecule has 2 nitrogen and oxygen atoms in total. The lowest BCUT2D eigenvalue weighted by atomic mass is 10.1. The lowest BCUT2D eigenvalue weighted by Crippen LogP contribution is -2.12. The molecule has 3 aromatic heterocycles. The summed E-state index contributed by atoms with van der Waals surface area (Å²) < 4.78 is 0. The van der Waals surface area contributed by atoms with Gasteiger partial charge in [0.1, 0.15) is 0 Å². The van der Waals surface area contributed by atoms with Crippen LogP contribution in [0.3, 0.4) is 0 Å². The monoisotopic (exact) mass is 320 g/mol. The largest absolute Gasteiger partial charge is 0.375 e. The van der Waals surface area contributed by atoms with Gasteiger partial charge in [0.2, 0.25) is 0 Å². The number of nitrogens with zero attached hydrogens (tertiary/aromatic N) is 1. The minimum absolute atomic E-state index is 0.218. The van der Waals surface area contributed by atoms with Crippen molar-refractivity contribution in [3.8, 4) is 0 Å². The van der Waals surface area contributed by atoms with Crippen molar-refractivity contribution in [1.82, 2.24) is 4.98 Å². The second kappa shape index (κ2) is 6.39. The molecule has 3 aromatic rings. The van der Waals surface area contributed by atoms with Crippen molar-refractivity contribution in [2.24, 2.45) is 0 Å². The van der Waals surface area contributed by atoms with Gasteiger partial charge in [-0.25, -0.2) is 4.98 Å². The van der Waals surface area contributed by atoms with Crippen LogP contribution < -0.4 is 5.32 Å². The van der Waals surface area contributed by atoms with Gasteiger partial charge < -0.3 is 5.32 Å². The van der Waals surface area contributed by atoms with E-state index in [9.17, 15) is 0 Å². The van der Waals surface area contributed by atoms with E-state index in [1.54, 1.807) is 28.9 Å². The van der Waals surface area contributed by atoms with Crippen LogP contribution in [0.2, 0.25) is 5.15 Å². The summed E-state index contributed by atoms with van der Waals surface area (Å²) in [5, 5.41) is 8.23. The van der Waals surface area contributed by atoms with Crippen molar-refractivity contribution >= 4 is 40.0 Å². The van der Waals surface area contributed by atoms with Gasteiger partial charge in [0.25, 0.3) is 0 Å². The van der Waals surface area contributed by atoms with Gasteiger partial charge >= 0.3 is 0 Å². The summed E-state index contributed by atoms with van der Waals surface area (Å²) in [6, 6.07) is 12.6. The lowest BCUT2D eigenvalue weighted by Gasteiger charge is -2.18. The van der Waals surface area contributed by atoms with E-state index < -0.39 is 0 Å². The molecule has 0 saturated heterocycles. The normalized spacial score (nSPS) is 12.2. The maximum absolute atomic E-state index is 6.14. The van der Waals surface area contributed by atoms with Crippen LogP contribution in [-0.4, -0.2) is 4.98 Å². The van der Waals surface area contributed by atoms with Crippen LogP contribution in [0.1, 0.15) is 15.8 Å². The molecule has 3 heterocycles. The first-order valence-electron chi connectivity index (χ1n) is 6.26. The van der Waals surface area contributed by atoms with E-state index in [1.807, 2.05) is 12.1 Å². The summed E-state index contributed by atoms with van der Waals surface area (Å²) in [5.74, 6) is 0. The zero-order valence-electron chi connectivity index (χ0n) is 10.6. The first kappa shape index (κ1) is 13.6. The Bertz CT molecular complexity index is 650. The molecule has 0 amide bonds. The summed E-state index contributed by atoms with van der Waals surface area (Å²) in [6.07, 6.45) is 2.65. The van der Waals surface area contributed by atoms with Crippen molar-refractivity contribution in [1.29, 1.82) is 0 Å². The zero-order valence-corrected chi connectivity index (χ0v) is 13.0. The molecule has 1 atom stereocenters. The standard InChI is InChI=1S/C15H13ClN2S2/c16-15-12(5-1-7-17-15)18-13(14-6-3-9-20-14)10-11-4-2-8-19-11/h1-9,13,18H,10H2. The molecule has 0 aliphatic heterocycles. The Labute approximate surface area is 131 Å². The average molecular weight is 321 g/mol. The molecule has 102 valence electrons. The van der Waals surface area contributed by atoms with Gasteiger partial charge in [0.15, 0.2) is 5.15 Å². The van der Waals surface area contributed by atoms with Crippen LogP contribution in [-0.2, 0) is 6.42 Å². The molecule has 0 radical (unpaired) electrons. The number of hydrogen-bond donors (Lipinski definition) is 1. The minimum Gasteiger partial charge on any atom is -0.375 e. The second-order valence-electron chi connectivity index (χ2n) is 4.34. The van der Waals surface area contributed by atoms with Crippen LogP contribution in [0.4, 0.5) is 5.69 Å². The maximum Gasteiger partial charge on any atom is 0.152 e. The molecule has 0 aliphatic carbocycles. The molecule has 1 N–H and O–H groups in total. The zero-order chi connectivity index (χ0) is 13.8. The Morgan fingerprint density at radius 3 is 2.65 bits per heavy atom. The molecular formula is C15H13ClN2S2. The number of halogens is 1. The maximum atomic E-state index is 6.14. The van der Waals surface area contributed by atoms with E-state index in [2.05, 4.69) is 45.3 Å². The molecular weight excluding hydrogens is 308 g/mol. The Morgan fingerprint density at radius 2 is 1.95 bits per heavy atom. The van der Waals surface area contributed by atoms with Gasteiger partial charge in [0.05, 0.1) is 11.7 Å². The molecule has 0 aromatic carbocycles. The SMILES string of the molecule is Clc1ncccc1NC(Cc1cccs1)c1cccs1. The third-order valence-corrected chi connectivity index (χ3v) is 5.15. The molecule has 0 aliphatic rings. The third kappa shape index (κ3) is 3.20. The van der Waals surface area contributed by atoms with Crippen molar-refractivity contribution in [3.05, 3.63) is 68.3 Å². The Hall–Kier alpha value is -1.36. The number of hydrogen-bond acceptors (Lipinski definition) is 4. The van der Waals surface area contributed by atoms with Gasteiger partial charge in [-0.05, 0) is 35.0 Å². The smallest absolute Gasteiger partial charge is 0.152 e. The summed E-state index contributed by atoms with van der Waals surface area (Å²) in [5.41, 5.74) is 0.879. The van der Waals surface area contributed by atoms with Crippen molar-refractivity contribution in [2.75, 3.05) is 5.32 Å². The highest BCUT2D eigenvalue weighted by Crippen LogP contribution is 2.30. The van der Waals surface area contributed by atoms with Crippen LogP contribution in [0.15, 0.2) is 53.4 Å². The third-order valence-electron chi connectivity index (χ3n) is 2.96. The molecule has 5 heteroatoms. The molecule has 1 unspecified atom stereocenters. The van der Waals surface area contributed by atoms with E-state index in [4.69, 9.17) is 11.6 Å². The summed E-state index contributed by atoms with van der Waals surface area (Å²) in [6.45, 7) is 0. The first-order valence-corrected chi connectivity index (χ1v) is 8.39. The average Bonchev–Trinajstić information content (AvgIpc) is 3.12. The molecule has 0 fully saturated rings. The van der Waals surface area contributed by atoms with Gasteiger partial charge in [-0.15, -0.1) is 22.7 Å². The van der Waals surface area contributed by atoms with E-state index in [0.29, 0.717) is 5.15 Å². The van der Waals surface area contributed by atoms with Gasteiger partial charge in [-0.2, -0.15) is 0 Å². The number of nitrogens with one attached hydrogen (secondary N) is 1. The van der Waals surface area contributed by atoms with E-state index in [1.165, 1.54) is 9.75 Å². The summed E-state index contributed by atoms with van der Waals surface area (Å²) in [4.78, 5) is 6.78. The number of rotatable bonds is 5. The minimum atomic E-state index is 0.218. The van der Waals surface area contributed by atoms with E-state index in [0.717, 1.165) is 12.1 Å². The van der Waals surface area contributed by atoms with Gasteiger partial charge in [-0.3, -0.25) is 0 Å².